The SMILES string of the molecule is CN1CCc2ncnc(N3CCN(C(=O)[C@@H]4CCCO4)CC3)c2C1. The lowest BCUT2D eigenvalue weighted by Gasteiger charge is -2.38. The number of ether oxygens (including phenoxy) is 1. The van der Waals surface area contributed by atoms with E-state index in [2.05, 4.69) is 26.8 Å². The molecule has 1 amide bonds. The first kappa shape index (κ1) is 15.8. The molecule has 0 radical (unpaired) electrons. The fraction of sp³-hybridized carbons (Fsp3) is 0.706. The largest absolute Gasteiger partial charge is 0.368 e. The zero-order valence-electron chi connectivity index (χ0n) is 14.3. The fourth-order valence-corrected chi connectivity index (χ4v) is 3.85. The van der Waals surface area contributed by atoms with Gasteiger partial charge >= 0.3 is 0 Å². The molecule has 0 N–H and O–H groups in total. The van der Waals surface area contributed by atoms with Crippen LogP contribution in [0.5, 0.6) is 0 Å². The van der Waals surface area contributed by atoms with Crippen LogP contribution in [0, 0.1) is 0 Å². The van der Waals surface area contributed by atoms with Crippen molar-refractivity contribution >= 4 is 11.7 Å². The summed E-state index contributed by atoms with van der Waals surface area (Å²) < 4.78 is 5.53. The van der Waals surface area contributed by atoms with Crippen LogP contribution in [0.2, 0.25) is 0 Å². The van der Waals surface area contributed by atoms with E-state index in [9.17, 15) is 4.79 Å². The summed E-state index contributed by atoms with van der Waals surface area (Å²) in [5.41, 5.74) is 2.43. The lowest BCUT2D eigenvalue weighted by molar-refractivity contribution is -0.141. The van der Waals surface area contributed by atoms with Crippen molar-refractivity contribution in [2.75, 3.05) is 51.3 Å². The highest BCUT2D eigenvalue weighted by Crippen LogP contribution is 2.26. The van der Waals surface area contributed by atoms with Crippen LogP contribution in [0.15, 0.2) is 6.33 Å². The Morgan fingerprint density at radius 2 is 2.04 bits per heavy atom. The van der Waals surface area contributed by atoms with Crippen LogP contribution in [0.3, 0.4) is 0 Å². The van der Waals surface area contributed by atoms with Gasteiger partial charge in [-0.15, -0.1) is 0 Å². The van der Waals surface area contributed by atoms with Gasteiger partial charge in [-0.05, 0) is 19.9 Å². The van der Waals surface area contributed by atoms with E-state index in [1.807, 2.05) is 4.90 Å². The number of rotatable bonds is 2. The van der Waals surface area contributed by atoms with E-state index in [0.29, 0.717) is 0 Å². The molecule has 7 heteroatoms. The third-order valence-corrected chi connectivity index (χ3v) is 5.27. The maximum atomic E-state index is 12.5. The number of hydrogen-bond acceptors (Lipinski definition) is 6. The first-order valence-electron chi connectivity index (χ1n) is 8.89. The van der Waals surface area contributed by atoms with Crippen molar-refractivity contribution < 1.29 is 9.53 Å². The number of amides is 1. The average Bonchev–Trinajstić information content (AvgIpc) is 3.15. The van der Waals surface area contributed by atoms with Crippen LogP contribution in [-0.2, 0) is 22.5 Å². The van der Waals surface area contributed by atoms with Crippen LogP contribution < -0.4 is 4.90 Å². The van der Waals surface area contributed by atoms with Gasteiger partial charge in [0.15, 0.2) is 0 Å². The maximum absolute atomic E-state index is 12.5. The number of nitrogens with zero attached hydrogens (tertiary/aromatic N) is 5. The molecule has 1 atom stereocenters. The highest BCUT2D eigenvalue weighted by atomic mass is 16.5. The number of carbonyl (C=O) groups excluding carboxylic acids is 1. The molecule has 1 aromatic rings. The highest BCUT2D eigenvalue weighted by molar-refractivity contribution is 5.81. The molecule has 0 aliphatic carbocycles. The number of likely N-dealkylation sites (N-methyl/N-ethyl adjacent to an activating group) is 1. The lowest BCUT2D eigenvalue weighted by Crippen LogP contribution is -2.52. The molecule has 0 saturated carbocycles. The second kappa shape index (κ2) is 6.64. The Kier molecular flexibility index (Phi) is 4.37. The van der Waals surface area contributed by atoms with Crippen molar-refractivity contribution in [3.8, 4) is 0 Å². The Hall–Kier alpha value is -1.73. The molecule has 0 aromatic carbocycles. The number of hydrogen-bond donors (Lipinski definition) is 0. The summed E-state index contributed by atoms with van der Waals surface area (Å²) in [6.45, 7) is 5.81. The number of carbonyl (C=O) groups is 1. The molecule has 0 bridgehead atoms. The third-order valence-electron chi connectivity index (χ3n) is 5.27. The zero-order chi connectivity index (χ0) is 16.5. The number of piperazine rings is 1. The second-order valence-electron chi connectivity index (χ2n) is 6.92. The van der Waals surface area contributed by atoms with Crippen molar-refractivity contribution in [3.05, 3.63) is 17.6 Å². The van der Waals surface area contributed by atoms with Crippen molar-refractivity contribution in [3.63, 3.8) is 0 Å². The molecule has 4 heterocycles. The normalized spacial score (nSPS) is 25.0. The highest BCUT2D eigenvalue weighted by Gasteiger charge is 2.31. The maximum Gasteiger partial charge on any atom is 0.251 e. The van der Waals surface area contributed by atoms with Crippen LogP contribution in [0.1, 0.15) is 24.1 Å². The topological polar surface area (TPSA) is 61.8 Å². The molecule has 4 rings (SSSR count). The van der Waals surface area contributed by atoms with Gasteiger partial charge in [0, 0.05) is 57.9 Å². The molecular formula is C17H25N5O2. The predicted molar refractivity (Wildman–Crippen MR) is 89.8 cm³/mol. The van der Waals surface area contributed by atoms with Crippen LogP contribution in [-0.4, -0.2) is 78.2 Å². The van der Waals surface area contributed by atoms with E-state index >= 15 is 0 Å². The van der Waals surface area contributed by atoms with Gasteiger partial charge in [-0.1, -0.05) is 0 Å². The molecule has 1 aromatic heterocycles. The molecule has 130 valence electrons. The first-order chi connectivity index (χ1) is 11.7. The Morgan fingerprint density at radius 3 is 2.79 bits per heavy atom. The third kappa shape index (κ3) is 2.98. The Labute approximate surface area is 142 Å². The minimum Gasteiger partial charge on any atom is -0.368 e. The zero-order valence-corrected chi connectivity index (χ0v) is 14.3. The molecule has 7 nitrogen and oxygen atoms in total. The average molecular weight is 331 g/mol. The van der Waals surface area contributed by atoms with Crippen molar-refractivity contribution in [2.24, 2.45) is 0 Å². The Balaban J connectivity index is 1.44. The molecule has 2 fully saturated rings. The Morgan fingerprint density at radius 1 is 1.21 bits per heavy atom. The van der Waals surface area contributed by atoms with Crippen molar-refractivity contribution in [1.82, 2.24) is 19.8 Å². The molecule has 2 saturated heterocycles. The Bertz CT molecular complexity index is 609. The van der Waals surface area contributed by atoms with Gasteiger partial charge < -0.3 is 19.4 Å². The smallest absolute Gasteiger partial charge is 0.251 e. The number of fused-ring (bicyclic) bond motifs is 1. The van der Waals surface area contributed by atoms with E-state index in [-0.39, 0.29) is 12.0 Å². The quantitative estimate of drug-likeness (QED) is 0.776. The van der Waals surface area contributed by atoms with Crippen molar-refractivity contribution in [2.45, 2.75) is 31.9 Å². The molecule has 0 unspecified atom stereocenters. The van der Waals surface area contributed by atoms with E-state index in [0.717, 1.165) is 71.0 Å². The van der Waals surface area contributed by atoms with E-state index in [4.69, 9.17) is 4.74 Å². The summed E-state index contributed by atoms with van der Waals surface area (Å²) in [4.78, 5) is 28.1. The molecule has 0 spiro atoms. The summed E-state index contributed by atoms with van der Waals surface area (Å²) in [5.74, 6) is 1.22. The van der Waals surface area contributed by atoms with E-state index < -0.39 is 0 Å². The van der Waals surface area contributed by atoms with Crippen molar-refractivity contribution in [1.29, 1.82) is 0 Å². The summed E-state index contributed by atoms with van der Waals surface area (Å²) in [7, 11) is 2.14. The molecular weight excluding hydrogens is 306 g/mol. The van der Waals surface area contributed by atoms with Gasteiger partial charge in [0.1, 0.15) is 18.2 Å². The van der Waals surface area contributed by atoms with Gasteiger partial charge in [0.05, 0.1) is 5.69 Å². The molecule has 3 aliphatic heterocycles. The van der Waals surface area contributed by atoms with Gasteiger partial charge in [0.2, 0.25) is 0 Å². The monoisotopic (exact) mass is 331 g/mol. The van der Waals surface area contributed by atoms with E-state index in [1.54, 1.807) is 6.33 Å². The van der Waals surface area contributed by atoms with Gasteiger partial charge in [-0.25, -0.2) is 9.97 Å². The predicted octanol–water partition coefficient (Wildman–Crippen LogP) is 0.292. The standard InChI is InChI=1S/C17H25N5O2/c1-20-5-4-14-13(11-20)16(19-12-18-14)21-6-8-22(9-7-21)17(23)15-3-2-10-24-15/h12,15H,2-11H2,1H3/t15-/m0/s1. The number of anilines is 1. The van der Waals surface area contributed by atoms with Crippen LogP contribution in [0.25, 0.3) is 0 Å². The van der Waals surface area contributed by atoms with Crippen LogP contribution in [0.4, 0.5) is 5.82 Å². The lowest BCUT2D eigenvalue weighted by atomic mass is 10.1. The van der Waals surface area contributed by atoms with Crippen LogP contribution >= 0.6 is 0 Å². The first-order valence-corrected chi connectivity index (χ1v) is 8.89. The van der Waals surface area contributed by atoms with Gasteiger partial charge in [-0.3, -0.25) is 4.79 Å². The fourth-order valence-electron chi connectivity index (χ4n) is 3.85. The molecule has 3 aliphatic rings. The van der Waals surface area contributed by atoms with Gasteiger partial charge in [0.25, 0.3) is 5.91 Å². The summed E-state index contributed by atoms with van der Waals surface area (Å²) in [6, 6.07) is 0. The van der Waals surface area contributed by atoms with Gasteiger partial charge in [-0.2, -0.15) is 0 Å². The molecule has 24 heavy (non-hydrogen) atoms. The minimum absolute atomic E-state index is 0.164. The number of aromatic nitrogens is 2. The summed E-state index contributed by atoms with van der Waals surface area (Å²) in [6.07, 6.45) is 4.32. The summed E-state index contributed by atoms with van der Waals surface area (Å²) >= 11 is 0. The van der Waals surface area contributed by atoms with E-state index in [1.165, 1.54) is 11.3 Å². The minimum atomic E-state index is -0.211. The summed E-state index contributed by atoms with van der Waals surface area (Å²) in [5, 5.41) is 0. The second-order valence-corrected chi connectivity index (χ2v) is 6.92.